The van der Waals surface area contributed by atoms with Crippen LogP contribution < -0.4 is 14.4 Å². The Hall–Kier alpha value is -4.48. The summed E-state index contributed by atoms with van der Waals surface area (Å²) in [7, 11) is 1.52. The maximum absolute atomic E-state index is 14.2. The monoisotopic (exact) mass is 645 g/mol. The second kappa shape index (κ2) is 15.0. The number of rotatable bonds is 14. The Morgan fingerprint density at radius 2 is 1.84 bits per heavy atom. The van der Waals surface area contributed by atoms with Gasteiger partial charge in [-0.2, -0.15) is 0 Å². The molecule has 1 N–H and O–H groups in total. The molecule has 0 fully saturated rings. The first-order chi connectivity index (χ1) is 21.9. The molecule has 0 bridgehead atoms. The summed E-state index contributed by atoms with van der Waals surface area (Å²) in [4.78, 5) is 28.5. The Bertz CT molecular complexity index is 1720. The van der Waals surface area contributed by atoms with E-state index in [0.717, 1.165) is 36.2 Å². The Labute approximate surface area is 269 Å². The summed E-state index contributed by atoms with van der Waals surface area (Å²) in [6.45, 7) is 2.63. The third-order valence-corrected chi connectivity index (χ3v) is 9.22. The van der Waals surface area contributed by atoms with Gasteiger partial charge in [-0.3, -0.25) is 14.5 Å². The van der Waals surface area contributed by atoms with Crippen molar-refractivity contribution in [2.45, 2.75) is 42.3 Å². The normalized spacial score (nSPS) is 14.9. The Kier molecular flexibility index (Phi) is 10.6. The van der Waals surface area contributed by atoms with Crippen molar-refractivity contribution in [1.29, 1.82) is 0 Å². The fourth-order valence-electron chi connectivity index (χ4n) is 4.82. The fourth-order valence-corrected chi connectivity index (χ4v) is 6.67. The maximum atomic E-state index is 14.2. The predicted octanol–water partition coefficient (Wildman–Crippen LogP) is 7.73. The van der Waals surface area contributed by atoms with Gasteiger partial charge in [-0.15, -0.1) is 10.2 Å². The largest absolute Gasteiger partial charge is 0.503 e. The smallest absolute Gasteiger partial charge is 0.296 e. The molecule has 0 saturated carbocycles. The summed E-state index contributed by atoms with van der Waals surface area (Å²) in [5.74, 6) is -1.04. The highest BCUT2D eigenvalue weighted by molar-refractivity contribution is 8.00. The van der Waals surface area contributed by atoms with E-state index in [0.29, 0.717) is 39.3 Å². The van der Waals surface area contributed by atoms with Crippen LogP contribution in [0.3, 0.4) is 0 Å². The highest BCUT2D eigenvalue weighted by atomic mass is 32.2. The van der Waals surface area contributed by atoms with Crippen molar-refractivity contribution in [2.24, 2.45) is 0 Å². The van der Waals surface area contributed by atoms with Crippen LogP contribution >= 0.6 is 23.1 Å². The first kappa shape index (κ1) is 31.9. The fraction of sp³-hybridized carbons (Fsp3) is 0.235. The van der Waals surface area contributed by atoms with Crippen LogP contribution in [-0.2, 0) is 15.3 Å². The quantitative estimate of drug-likeness (QED) is 0.0644. The van der Waals surface area contributed by atoms with Gasteiger partial charge in [-0.25, -0.2) is 4.39 Å². The van der Waals surface area contributed by atoms with Crippen molar-refractivity contribution >= 4 is 46.0 Å². The van der Waals surface area contributed by atoms with Gasteiger partial charge in [0.2, 0.25) is 5.13 Å². The Morgan fingerprint density at radius 3 is 2.60 bits per heavy atom. The number of methoxy groups -OCH3 is 1. The average Bonchev–Trinajstić information content (AvgIpc) is 3.63. The first-order valence-corrected chi connectivity index (χ1v) is 16.3. The number of hydrogen-bond donors (Lipinski definition) is 1. The number of allylic oxidation sites excluding steroid dienone is 1. The summed E-state index contributed by atoms with van der Waals surface area (Å²) in [5.41, 5.74) is 1.71. The maximum Gasteiger partial charge on any atom is 0.296 e. The molecule has 1 aliphatic rings. The van der Waals surface area contributed by atoms with Crippen molar-refractivity contribution in [3.63, 3.8) is 0 Å². The molecule has 0 spiro atoms. The molecule has 0 aliphatic carbocycles. The lowest BCUT2D eigenvalue weighted by Crippen LogP contribution is -2.30. The van der Waals surface area contributed by atoms with Gasteiger partial charge < -0.3 is 14.6 Å². The molecule has 8 nitrogen and oxygen atoms in total. The van der Waals surface area contributed by atoms with Gasteiger partial charge >= 0.3 is 0 Å². The third-order valence-electron chi connectivity index (χ3n) is 7.12. The molecular formula is C34H32FN3O5S2. The second-order valence-corrected chi connectivity index (χ2v) is 12.3. The van der Waals surface area contributed by atoms with Crippen molar-refractivity contribution in [3.8, 4) is 11.5 Å². The number of aliphatic hydroxyl groups is 1. The van der Waals surface area contributed by atoms with Crippen LogP contribution in [0, 0.1) is 5.82 Å². The Balaban J connectivity index is 1.48. The number of aromatic nitrogens is 2. The number of ether oxygens (including phenoxy) is 2. The van der Waals surface area contributed by atoms with E-state index >= 15 is 0 Å². The van der Waals surface area contributed by atoms with Crippen molar-refractivity contribution in [3.05, 3.63) is 113 Å². The number of nitrogens with zero attached hydrogens (tertiary/aromatic N) is 3. The lowest BCUT2D eigenvalue weighted by atomic mass is 9.95. The van der Waals surface area contributed by atoms with E-state index in [2.05, 4.69) is 17.1 Å². The number of ketones is 1. The van der Waals surface area contributed by atoms with Gasteiger partial charge in [0.25, 0.3) is 5.91 Å². The number of carbonyl (C=O) groups is 2. The van der Waals surface area contributed by atoms with Crippen LogP contribution in [0.2, 0.25) is 0 Å². The lowest BCUT2D eigenvalue weighted by Gasteiger charge is -2.24. The molecule has 45 heavy (non-hydrogen) atoms. The van der Waals surface area contributed by atoms with E-state index < -0.39 is 23.5 Å². The molecule has 1 amide bonds. The molecule has 232 valence electrons. The summed E-state index contributed by atoms with van der Waals surface area (Å²) in [6.07, 6.45) is 5.95. The van der Waals surface area contributed by atoms with E-state index in [1.54, 1.807) is 42.5 Å². The number of anilines is 1. The molecule has 1 atom stereocenters. The molecule has 2 heterocycles. The molecule has 4 aromatic rings. The number of benzene rings is 3. The zero-order valence-electron chi connectivity index (χ0n) is 24.8. The van der Waals surface area contributed by atoms with Gasteiger partial charge in [0.1, 0.15) is 5.82 Å². The summed E-state index contributed by atoms with van der Waals surface area (Å²) < 4.78 is 26.2. The van der Waals surface area contributed by atoms with E-state index in [4.69, 9.17) is 9.47 Å². The number of aliphatic hydroxyl groups excluding tert-OH is 1. The number of thioether (sulfide) groups is 1. The highest BCUT2D eigenvalue weighted by Gasteiger charge is 2.45. The number of carbonyl (C=O) groups excluding carboxylic acids is 2. The SMILES string of the molecule is CCCCCOc1ccc(C2C(C(=O)C=Cc3ccccc3)=C(O)C(=O)N2c2nnc(SCc3ccccc3F)s2)cc1OC. The summed E-state index contributed by atoms with van der Waals surface area (Å²) in [6, 6.07) is 19.9. The molecule has 0 radical (unpaired) electrons. The molecule has 1 aromatic heterocycles. The second-order valence-electron chi connectivity index (χ2n) is 10.1. The third kappa shape index (κ3) is 7.43. The molecule has 0 saturated heterocycles. The van der Waals surface area contributed by atoms with Crippen LogP contribution in [-0.4, -0.2) is 40.7 Å². The zero-order chi connectivity index (χ0) is 31.8. The average molecular weight is 646 g/mol. The molecule has 5 rings (SSSR count). The van der Waals surface area contributed by atoms with Gasteiger partial charge in [0.15, 0.2) is 27.4 Å². The van der Waals surface area contributed by atoms with Crippen LogP contribution in [0.1, 0.15) is 48.9 Å². The summed E-state index contributed by atoms with van der Waals surface area (Å²) >= 11 is 2.39. The highest BCUT2D eigenvalue weighted by Crippen LogP contribution is 2.45. The molecule has 11 heteroatoms. The van der Waals surface area contributed by atoms with Gasteiger partial charge in [-0.05, 0) is 47.4 Å². The minimum atomic E-state index is -1.02. The number of unbranched alkanes of at least 4 members (excludes halogenated alkanes) is 2. The summed E-state index contributed by atoms with van der Waals surface area (Å²) in [5, 5.41) is 19.7. The number of amides is 1. The van der Waals surface area contributed by atoms with Crippen molar-refractivity contribution in [1.82, 2.24) is 10.2 Å². The van der Waals surface area contributed by atoms with Gasteiger partial charge in [0, 0.05) is 5.75 Å². The minimum absolute atomic E-state index is 0.0957. The number of hydrogen-bond acceptors (Lipinski definition) is 9. The van der Waals surface area contributed by atoms with Crippen LogP contribution in [0.25, 0.3) is 6.08 Å². The lowest BCUT2D eigenvalue weighted by molar-refractivity contribution is -0.117. The topological polar surface area (TPSA) is 102 Å². The van der Waals surface area contributed by atoms with Crippen LogP contribution in [0.5, 0.6) is 11.5 Å². The standard InChI is InChI=1S/C34H32FN3O5S2/c1-3-4-10-19-43-27-18-16-23(20-28(27)42-2)30-29(26(39)17-15-22-11-6-5-7-12-22)31(40)32(41)38(30)33-36-37-34(45-33)44-21-24-13-8-9-14-25(24)35/h5-9,11-18,20,30,40H,3-4,10,19,21H2,1-2H3. The van der Waals surface area contributed by atoms with E-state index in [1.165, 1.54) is 35.9 Å². The zero-order valence-corrected chi connectivity index (χ0v) is 26.4. The molecule has 3 aromatic carbocycles. The Morgan fingerprint density at radius 1 is 1.07 bits per heavy atom. The van der Waals surface area contributed by atoms with Crippen molar-refractivity contribution < 1.29 is 28.6 Å². The van der Waals surface area contributed by atoms with E-state index in [1.807, 2.05) is 30.3 Å². The first-order valence-electron chi connectivity index (χ1n) is 14.5. The number of halogens is 1. The van der Waals surface area contributed by atoms with Gasteiger partial charge in [-0.1, -0.05) is 104 Å². The molecular weight excluding hydrogens is 614 g/mol. The van der Waals surface area contributed by atoms with Crippen molar-refractivity contribution in [2.75, 3.05) is 18.6 Å². The van der Waals surface area contributed by atoms with Crippen LogP contribution in [0.15, 0.2) is 94.5 Å². The molecule has 1 unspecified atom stereocenters. The molecule has 1 aliphatic heterocycles. The van der Waals surface area contributed by atoms with Crippen LogP contribution in [0.4, 0.5) is 9.52 Å². The van der Waals surface area contributed by atoms with E-state index in [9.17, 15) is 19.1 Å². The van der Waals surface area contributed by atoms with E-state index in [-0.39, 0.29) is 16.5 Å². The minimum Gasteiger partial charge on any atom is -0.503 e. The predicted molar refractivity (Wildman–Crippen MR) is 174 cm³/mol. The van der Waals surface area contributed by atoms with Gasteiger partial charge in [0.05, 0.1) is 25.3 Å².